The summed E-state index contributed by atoms with van der Waals surface area (Å²) >= 11 is 0. The van der Waals surface area contributed by atoms with E-state index in [1.165, 1.54) is 12.1 Å². The van der Waals surface area contributed by atoms with Gasteiger partial charge in [0.25, 0.3) is 0 Å². The fourth-order valence-electron chi connectivity index (χ4n) is 1.60. The number of carboxylic acid groups (broad SMARTS) is 1. The first kappa shape index (κ1) is 17.4. The van der Waals surface area contributed by atoms with E-state index in [1.54, 1.807) is 0 Å². The van der Waals surface area contributed by atoms with Crippen molar-refractivity contribution in [3.05, 3.63) is 29.8 Å². The number of rotatable bonds is 6. The largest absolute Gasteiger partial charge is 0.478 e. The summed E-state index contributed by atoms with van der Waals surface area (Å²) in [5.41, 5.74) is -0.636. The second-order valence-electron chi connectivity index (χ2n) is 3.98. The fourth-order valence-corrected chi connectivity index (χ4v) is 3.20. The van der Waals surface area contributed by atoms with Crippen LogP contribution < -0.4 is 0 Å². The van der Waals surface area contributed by atoms with Crippen LogP contribution in [0, 0.1) is 0 Å². The molecule has 0 amide bonds. The molecule has 21 heavy (non-hydrogen) atoms. The Hall–Kier alpha value is -1.65. The number of aliphatic hydroxyl groups is 1. The van der Waals surface area contributed by atoms with Gasteiger partial charge in [-0.1, -0.05) is 12.1 Å². The Morgan fingerprint density at radius 3 is 2.29 bits per heavy atom. The molecule has 0 heterocycles. The van der Waals surface area contributed by atoms with Gasteiger partial charge >= 0.3 is 12.1 Å². The van der Waals surface area contributed by atoms with Gasteiger partial charge in [-0.05, 0) is 12.1 Å². The molecular weight excluding hydrogens is 315 g/mol. The van der Waals surface area contributed by atoms with Crippen LogP contribution in [0.25, 0.3) is 0 Å². The summed E-state index contributed by atoms with van der Waals surface area (Å²) < 4.78 is 61.6. The van der Waals surface area contributed by atoms with Gasteiger partial charge in [0.05, 0.1) is 17.1 Å². The van der Waals surface area contributed by atoms with E-state index in [0.717, 1.165) is 12.1 Å². The maximum atomic E-state index is 12.4. The van der Waals surface area contributed by atoms with Crippen LogP contribution >= 0.6 is 0 Å². The lowest BCUT2D eigenvalue weighted by Crippen LogP contribution is -2.41. The molecule has 0 bridgehead atoms. The Bertz CT molecular complexity index is 615. The Kier molecular flexibility index (Phi) is 5.31. The summed E-state index contributed by atoms with van der Waals surface area (Å²) in [7, 11) is -4.70. The summed E-state index contributed by atoms with van der Waals surface area (Å²) in [6.07, 6.45) is -4.82. The first-order valence-corrected chi connectivity index (χ1v) is 7.03. The van der Waals surface area contributed by atoms with Crippen molar-refractivity contribution in [2.24, 2.45) is 0 Å². The third-order valence-electron chi connectivity index (χ3n) is 2.44. The van der Waals surface area contributed by atoms with Gasteiger partial charge in [0.1, 0.15) is 6.54 Å². The molecule has 0 aliphatic heterocycles. The molecule has 0 saturated heterocycles. The molecule has 2 N–H and O–H groups in total. The highest BCUT2D eigenvalue weighted by molar-refractivity contribution is 7.89. The molecule has 0 atom stereocenters. The quantitative estimate of drug-likeness (QED) is 0.810. The fraction of sp³-hybridized carbons (Fsp3) is 0.364. The number of halogens is 3. The molecule has 1 aromatic rings. The molecule has 10 heteroatoms. The Balaban J connectivity index is 3.33. The average molecular weight is 327 g/mol. The van der Waals surface area contributed by atoms with Crippen LogP contribution in [0.5, 0.6) is 0 Å². The third kappa shape index (κ3) is 4.41. The number of benzene rings is 1. The normalized spacial score (nSPS) is 12.6. The summed E-state index contributed by atoms with van der Waals surface area (Å²) in [5.74, 6) is -1.58. The van der Waals surface area contributed by atoms with Crippen LogP contribution in [0.15, 0.2) is 29.2 Å². The lowest BCUT2D eigenvalue weighted by atomic mass is 10.2. The minimum atomic E-state index is -4.82. The van der Waals surface area contributed by atoms with Crippen molar-refractivity contribution in [1.82, 2.24) is 4.31 Å². The maximum absolute atomic E-state index is 12.4. The number of sulfonamides is 1. The van der Waals surface area contributed by atoms with Crippen molar-refractivity contribution in [1.29, 1.82) is 0 Å². The third-order valence-corrected chi connectivity index (χ3v) is 4.34. The molecule has 0 aromatic heterocycles. The molecule has 0 radical (unpaired) electrons. The van der Waals surface area contributed by atoms with Crippen LogP contribution in [0.4, 0.5) is 13.2 Å². The SMILES string of the molecule is O=C(O)c1ccccc1S(=O)(=O)N(CCO)CC(F)(F)F. The van der Waals surface area contributed by atoms with Gasteiger partial charge in [0.15, 0.2) is 0 Å². The number of carbonyl (C=O) groups is 1. The number of aliphatic hydroxyl groups excluding tert-OH is 1. The smallest absolute Gasteiger partial charge is 0.402 e. The van der Waals surface area contributed by atoms with Crippen LogP contribution in [-0.4, -0.2) is 54.8 Å². The van der Waals surface area contributed by atoms with Crippen molar-refractivity contribution in [2.75, 3.05) is 19.7 Å². The van der Waals surface area contributed by atoms with Crippen molar-refractivity contribution in [2.45, 2.75) is 11.1 Å². The van der Waals surface area contributed by atoms with Crippen molar-refractivity contribution < 1.29 is 36.6 Å². The molecule has 0 aliphatic carbocycles. The summed E-state index contributed by atoms with van der Waals surface area (Å²) in [5, 5.41) is 17.7. The van der Waals surface area contributed by atoms with Gasteiger partial charge in [0.2, 0.25) is 10.0 Å². The van der Waals surface area contributed by atoms with Crippen LogP contribution in [0.1, 0.15) is 10.4 Å². The monoisotopic (exact) mass is 327 g/mol. The Morgan fingerprint density at radius 2 is 1.81 bits per heavy atom. The molecule has 0 aliphatic rings. The van der Waals surface area contributed by atoms with E-state index in [0.29, 0.717) is 0 Å². The van der Waals surface area contributed by atoms with E-state index in [9.17, 15) is 26.4 Å². The second kappa shape index (κ2) is 6.41. The number of carboxylic acids is 1. The summed E-state index contributed by atoms with van der Waals surface area (Å²) in [4.78, 5) is 10.2. The topological polar surface area (TPSA) is 94.9 Å². The molecule has 6 nitrogen and oxygen atoms in total. The number of nitrogens with zero attached hydrogens (tertiary/aromatic N) is 1. The van der Waals surface area contributed by atoms with Crippen LogP contribution in [0.2, 0.25) is 0 Å². The number of hydrogen-bond acceptors (Lipinski definition) is 4. The minimum Gasteiger partial charge on any atom is -0.478 e. The molecule has 1 rings (SSSR count). The summed E-state index contributed by atoms with van der Waals surface area (Å²) in [6.45, 7) is -3.44. The predicted octanol–water partition coefficient (Wildman–Crippen LogP) is 0.930. The lowest BCUT2D eigenvalue weighted by molar-refractivity contribution is -0.136. The van der Waals surface area contributed by atoms with E-state index < -0.39 is 52.3 Å². The van der Waals surface area contributed by atoms with Crippen LogP contribution in [-0.2, 0) is 10.0 Å². The maximum Gasteiger partial charge on any atom is 0.402 e. The highest BCUT2D eigenvalue weighted by Crippen LogP contribution is 2.24. The highest BCUT2D eigenvalue weighted by Gasteiger charge is 2.38. The Labute approximate surface area is 118 Å². The van der Waals surface area contributed by atoms with Gasteiger partial charge in [-0.25, -0.2) is 13.2 Å². The van der Waals surface area contributed by atoms with E-state index in [1.807, 2.05) is 0 Å². The Morgan fingerprint density at radius 1 is 1.24 bits per heavy atom. The minimum absolute atomic E-state index is 0.00519. The van der Waals surface area contributed by atoms with Gasteiger partial charge in [-0.2, -0.15) is 17.5 Å². The highest BCUT2D eigenvalue weighted by atomic mass is 32.2. The van der Waals surface area contributed by atoms with Crippen LogP contribution in [0.3, 0.4) is 0 Å². The summed E-state index contributed by atoms with van der Waals surface area (Å²) in [6, 6.07) is 4.33. The van der Waals surface area contributed by atoms with E-state index in [4.69, 9.17) is 10.2 Å². The molecule has 118 valence electrons. The number of aromatic carboxylic acids is 1. The first-order chi connectivity index (χ1) is 9.59. The molecule has 0 fully saturated rings. The molecule has 0 spiro atoms. The van der Waals surface area contributed by atoms with E-state index >= 15 is 0 Å². The second-order valence-corrected chi connectivity index (χ2v) is 5.89. The lowest BCUT2D eigenvalue weighted by Gasteiger charge is -2.23. The zero-order valence-electron chi connectivity index (χ0n) is 10.5. The van der Waals surface area contributed by atoms with Gasteiger partial charge in [0, 0.05) is 6.54 Å². The zero-order valence-corrected chi connectivity index (χ0v) is 11.4. The predicted molar refractivity (Wildman–Crippen MR) is 65.3 cm³/mol. The van der Waals surface area contributed by atoms with Gasteiger partial charge in [-0.15, -0.1) is 0 Å². The first-order valence-electron chi connectivity index (χ1n) is 5.59. The average Bonchev–Trinajstić information content (AvgIpc) is 2.36. The van der Waals surface area contributed by atoms with E-state index in [-0.39, 0.29) is 4.31 Å². The number of hydrogen-bond donors (Lipinski definition) is 2. The molecule has 1 aromatic carbocycles. The van der Waals surface area contributed by atoms with Crippen molar-refractivity contribution in [3.8, 4) is 0 Å². The van der Waals surface area contributed by atoms with Gasteiger partial charge in [-0.3, -0.25) is 0 Å². The molecule has 0 unspecified atom stereocenters. The standard InChI is InChI=1S/C11H12F3NO5S/c12-11(13,14)7-15(5-6-16)21(19,20)9-4-2-1-3-8(9)10(17)18/h1-4,16H,5-7H2,(H,17,18). The van der Waals surface area contributed by atoms with Crippen molar-refractivity contribution >= 4 is 16.0 Å². The van der Waals surface area contributed by atoms with E-state index in [2.05, 4.69) is 0 Å². The van der Waals surface area contributed by atoms with Gasteiger partial charge < -0.3 is 10.2 Å². The van der Waals surface area contributed by atoms with Crippen molar-refractivity contribution in [3.63, 3.8) is 0 Å². The number of alkyl halides is 3. The zero-order chi connectivity index (χ0) is 16.3. The molecule has 0 saturated carbocycles. The molecular formula is C11H12F3NO5S.